The lowest BCUT2D eigenvalue weighted by Gasteiger charge is -2.07. The Morgan fingerprint density at radius 3 is 2.95 bits per heavy atom. The number of carbonyl (C=O) groups excluding carboxylic acids is 1. The molecule has 0 aliphatic rings. The predicted octanol–water partition coefficient (Wildman–Crippen LogP) is 1.55. The van der Waals surface area contributed by atoms with Crippen molar-refractivity contribution in [1.82, 2.24) is 15.1 Å². The van der Waals surface area contributed by atoms with Gasteiger partial charge >= 0.3 is 5.97 Å². The number of aromatic nitrogens is 3. The molecule has 0 saturated carbocycles. The molecule has 0 saturated heterocycles. The van der Waals surface area contributed by atoms with Gasteiger partial charge in [-0.25, -0.2) is 4.79 Å². The topological polar surface area (TPSA) is 112 Å². The lowest BCUT2D eigenvalue weighted by atomic mass is 10.3. The van der Waals surface area contributed by atoms with Crippen LogP contribution in [0.25, 0.3) is 0 Å². The summed E-state index contributed by atoms with van der Waals surface area (Å²) >= 11 is 0. The molecule has 1 aromatic carbocycles. The van der Waals surface area contributed by atoms with Gasteiger partial charge < -0.3 is 4.74 Å². The van der Waals surface area contributed by atoms with Crippen LogP contribution in [0.1, 0.15) is 23.1 Å². The lowest BCUT2D eigenvalue weighted by molar-refractivity contribution is -0.384. The van der Waals surface area contributed by atoms with Crippen LogP contribution in [0.4, 0.5) is 11.4 Å². The fourth-order valence-corrected chi connectivity index (χ4v) is 1.63. The standard InChI is InChI=1S/C12H13N5O4/c1-3-21-12(18)11-8(2)16(15-13-11)14-9-5-4-6-10(7-9)17(19)20/h4-7,14H,3H2,1-2H3. The number of esters is 1. The van der Waals surface area contributed by atoms with E-state index in [1.54, 1.807) is 26.0 Å². The van der Waals surface area contributed by atoms with E-state index in [9.17, 15) is 14.9 Å². The molecule has 0 aliphatic carbocycles. The summed E-state index contributed by atoms with van der Waals surface area (Å²) in [5.41, 5.74) is 3.75. The number of nitrogens with one attached hydrogen (secondary N) is 1. The number of carbonyl (C=O) groups is 1. The number of nitrogens with zero attached hydrogens (tertiary/aromatic N) is 4. The normalized spacial score (nSPS) is 10.2. The van der Waals surface area contributed by atoms with Crippen LogP contribution in [0, 0.1) is 17.0 Å². The molecule has 0 aliphatic heterocycles. The fourth-order valence-electron chi connectivity index (χ4n) is 1.63. The summed E-state index contributed by atoms with van der Waals surface area (Å²) in [4.78, 5) is 23.1. The first-order valence-electron chi connectivity index (χ1n) is 6.13. The van der Waals surface area contributed by atoms with Crippen LogP contribution in [0.2, 0.25) is 0 Å². The summed E-state index contributed by atoms with van der Waals surface area (Å²) in [6.45, 7) is 3.57. The van der Waals surface area contributed by atoms with Gasteiger partial charge in [-0.1, -0.05) is 6.07 Å². The van der Waals surface area contributed by atoms with Crippen molar-refractivity contribution < 1.29 is 14.5 Å². The van der Waals surface area contributed by atoms with Crippen LogP contribution in [0.3, 0.4) is 0 Å². The van der Waals surface area contributed by atoms with Gasteiger partial charge in [0.1, 0.15) is 0 Å². The predicted molar refractivity (Wildman–Crippen MR) is 72.8 cm³/mol. The Morgan fingerprint density at radius 2 is 2.29 bits per heavy atom. The zero-order valence-electron chi connectivity index (χ0n) is 11.4. The summed E-state index contributed by atoms with van der Waals surface area (Å²) < 4.78 is 4.85. The van der Waals surface area contributed by atoms with Gasteiger partial charge in [0.15, 0.2) is 5.69 Å². The van der Waals surface area contributed by atoms with E-state index in [0.717, 1.165) is 0 Å². The van der Waals surface area contributed by atoms with Crippen molar-refractivity contribution in [3.63, 3.8) is 0 Å². The second-order valence-corrected chi connectivity index (χ2v) is 4.07. The van der Waals surface area contributed by atoms with E-state index in [-0.39, 0.29) is 18.0 Å². The maximum Gasteiger partial charge on any atom is 0.360 e. The molecule has 0 fully saturated rings. The number of ether oxygens (including phenoxy) is 1. The largest absolute Gasteiger partial charge is 0.461 e. The van der Waals surface area contributed by atoms with Crippen LogP contribution in [-0.2, 0) is 4.74 Å². The quantitative estimate of drug-likeness (QED) is 0.505. The summed E-state index contributed by atoms with van der Waals surface area (Å²) in [5.74, 6) is -0.568. The van der Waals surface area contributed by atoms with E-state index < -0.39 is 10.9 Å². The number of rotatable bonds is 5. The first-order chi connectivity index (χ1) is 10.0. The first-order valence-corrected chi connectivity index (χ1v) is 6.13. The van der Waals surface area contributed by atoms with Crippen molar-refractivity contribution in [3.8, 4) is 0 Å². The minimum atomic E-state index is -0.568. The Morgan fingerprint density at radius 1 is 1.52 bits per heavy atom. The zero-order valence-corrected chi connectivity index (χ0v) is 11.4. The Labute approximate surface area is 119 Å². The molecule has 1 N–H and O–H groups in total. The Bertz CT molecular complexity index is 682. The molecular weight excluding hydrogens is 278 g/mol. The molecule has 0 unspecified atom stereocenters. The van der Waals surface area contributed by atoms with E-state index in [2.05, 4.69) is 15.7 Å². The molecule has 9 nitrogen and oxygen atoms in total. The number of non-ortho nitro benzene ring substituents is 1. The maximum absolute atomic E-state index is 11.6. The minimum absolute atomic E-state index is 0.0524. The summed E-state index contributed by atoms with van der Waals surface area (Å²) in [7, 11) is 0. The highest BCUT2D eigenvalue weighted by Gasteiger charge is 2.18. The Balaban J connectivity index is 2.23. The number of nitro groups is 1. The van der Waals surface area contributed by atoms with Gasteiger partial charge in [-0.3, -0.25) is 15.5 Å². The molecule has 9 heteroatoms. The van der Waals surface area contributed by atoms with Gasteiger partial charge in [-0.05, 0) is 25.1 Å². The number of hydrogen-bond donors (Lipinski definition) is 1. The van der Waals surface area contributed by atoms with Crippen LogP contribution in [-0.4, -0.2) is 32.6 Å². The lowest BCUT2D eigenvalue weighted by Crippen LogP contribution is -2.14. The van der Waals surface area contributed by atoms with Gasteiger partial charge in [0.25, 0.3) is 5.69 Å². The second kappa shape index (κ2) is 5.99. The van der Waals surface area contributed by atoms with Crippen molar-refractivity contribution in [1.29, 1.82) is 0 Å². The summed E-state index contributed by atoms with van der Waals surface area (Å²) in [6, 6.07) is 5.91. The molecule has 1 heterocycles. The second-order valence-electron chi connectivity index (χ2n) is 4.07. The fraction of sp³-hybridized carbons (Fsp3) is 0.250. The van der Waals surface area contributed by atoms with E-state index >= 15 is 0 Å². The van der Waals surface area contributed by atoms with Crippen LogP contribution >= 0.6 is 0 Å². The van der Waals surface area contributed by atoms with E-state index in [1.165, 1.54) is 16.9 Å². The molecule has 2 rings (SSSR count). The van der Waals surface area contributed by atoms with E-state index in [4.69, 9.17) is 4.74 Å². The third-order valence-corrected chi connectivity index (χ3v) is 2.66. The van der Waals surface area contributed by atoms with Gasteiger partial charge in [-0.15, -0.1) is 5.10 Å². The smallest absolute Gasteiger partial charge is 0.360 e. The number of anilines is 1. The Hall–Kier alpha value is -2.97. The molecule has 0 amide bonds. The van der Waals surface area contributed by atoms with Gasteiger partial charge in [0, 0.05) is 12.1 Å². The molecule has 110 valence electrons. The number of hydrogen-bond acceptors (Lipinski definition) is 7. The van der Waals surface area contributed by atoms with Crippen molar-refractivity contribution in [2.45, 2.75) is 13.8 Å². The van der Waals surface area contributed by atoms with Gasteiger partial charge in [-0.2, -0.15) is 4.79 Å². The van der Waals surface area contributed by atoms with Gasteiger partial charge in [0.05, 0.1) is 22.9 Å². The SMILES string of the molecule is CCOC(=O)c1nnn(Nc2cccc([N+](=O)[O-])c2)c1C. The van der Waals surface area contributed by atoms with Crippen molar-refractivity contribution >= 4 is 17.3 Å². The zero-order chi connectivity index (χ0) is 15.4. The third kappa shape index (κ3) is 3.14. The minimum Gasteiger partial charge on any atom is -0.461 e. The molecular formula is C12H13N5O4. The molecule has 0 atom stereocenters. The van der Waals surface area contributed by atoms with Crippen molar-refractivity contribution in [3.05, 3.63) is 45.8 Å². The average Bonchev–Trinajstić information content (AvgIpc) is 2.81. The highest BCUT2D eigenvalue weighted by molar-refractivity contribution is 5.88. The van der Waals surface area contributed by atoms with E-state index in [1.807, 2.05) is 0 Å². The van der Waals surface area contributed by atoms with Crippen LogP contribution in [0.15, 0.2) is 24.3 Å². The van der Waals surface area contributed by atoms with Crippen LogP contribution in [0.5, 0.6) is 0 Å². The third-order valence-electron chi connectivity index (χ3n) is 2.66. The molecule has 21 heavy (non-hydrogen) atoms. The highest BCUT2D eigenvalue weighted by Crippen LogP contribution is 2.17. The average molecular weight is 291 g/mol. The maximum atomic E-state index is 11.6. The molecule has 0 radical (unpaired) electrons. The summed E-state index contributed by atoms with van der Waals surface area (Å²) in [5, 5.41) is 18.2. The molecule has 0 bridgehead atoms. The van der Waals surface area contributed by atoms with Crippen molar-refractivity contribution in [2.75, 3.05) is 12.0 Å². The molecule has 2 aromatic rings. The first kappa shape index (κ1) is 14.4. The van der Waals surface area contributed by atoms with Gasteiger partial charge in [0.2, 0.25) is 0 Å². The highest BCUT2D eigenvalue weighted by atomic mass is 16.6. The monoisotopic (exact) mass is 291 g/mol. The molecule has 0 spiro atoms. The van der Waals surface area contributed by atoms with Crippen LogP contribution < -0.4 is 5.43 Å². The van der Waals surface area contributed by atoms with E-state index in [0.29, 0.717) is 11.4 Å². The molecule has 1 aromatic heterocycles. The number of benzene rings is 1. The Kier molecular flexibility index (Phi) is 4.12. The van der Waals surface area contributed by atoms with Crippen molar-refractivity contribution in [2.24, 2.45) is 0 Å². The number of nitro benzene ring substituents is 1. The summed E-state index contributed by atoms with van der Waals surface area (Å²) in [6.07, 6.45) is 0.